The number of carbonyl (C=O) groups is 1. The highest BCUT2D eigenvalue weighted by molar-refractivity contribution is 5.83. The Morgan fingerprint density at radius 1 is 1.46 bits per heavy atom. The zero-order chi connectivity index (χ0) is 16.9. The van der Waals surface area contributed by atoms with Crippen molar-refractivity contribution in [2.75, 3.05) is 13.2 Å². The van der Waals surface area contributed by atoms with Gasteiger partial charge in [0.15, 0.2) is 0 Å². The lowest BCUT2D eigenvalue weighted by atomic mass is 9.93. The smallest absolute Gasteiger partial charge is 0.223 e. The second-order valence-corrected chi connectivity index (χ2v) is 6.57. The number of aliphatic hydroxyl groups excluding tert-OH is 1. The lowest BCUT2D eigenvalue weighted by Gasteiger charge is -2.29. The van der Waals surface area contributed by atoms with Crippen molar-refractivity contribution in [2.24, 2.45) is 5.92 Å². The van der Waals surface area contributed by atoms with Crippen LogP contribution in [0.3, 0.4) is 0 Å². The van der Waals surface area contributed by atoms with Crippen LogP contribution in [0.25, 0.3) is 10.9 Å². The van der Waals surface area contributed by atoms with Gasteiger partial charge < -0.3 is 20.1 Å². The van der Waals surface area contributed by atoms with Gasteiger partial charge in [-0.3, -0.25) is 4.79 Å². The standard InChI is InChI=1S/C19H26N2O3/c1-2-16-10-13(7-8-24-16)19(23)21-15(12-22)9-14-11-20-18-6-4-3-5-17(14)18/h3-6,11,13,15-16,20,22H,2,7-10,12H2,1H3,(H,21,23). The number of hydrogen-bond donors (Lipinski definition) is 3. The third kappa shape index (κ3) is 3.79. The summed E-state index contributed by atoms with van der Waals surface area (Å²) >= 11 is 0. The molecule has 0 aliphatic carbocycles. The predicted octanol–water partition coefficient (Wildman–Crippen LogP) is 2.39. The molecule has 2 aromatic rings. The van der Waals surface area contributed by atoms with Gasteiger partial charge in [-0.05, 0) is 37.3 Å². The summed E-state index contributed by atoms with van der Waals surface area (Å²) in [4.78, 5) is 15.8. The van der Waals surface area contributed by atoms with Crippen LogP contribution in [0.5, 0.6) is 0 Å². The van der Waals surface area contributed by atoms with Gasteiger partial charge in [-0.2, -0.15) is 0 Å². The quantitative estimate of drug-likeness (QED) is 0.761. The number of aliphatic hydroxyl groups is 1. The summed E-state index contributed by atoms with van der Waals surface area (Å²) in [5.41, 5.74) is 2.19. The number of aromatic amines is 1. The Morgan fingerprint density at radius 2 is 2.29 bits per heavy atom. The highest BCUT2D eigenvalue weighted by Crippen LogP contribution is 2.23. The Bertz CT molecular complexity index is 682. The molecule has 3 rings (SSSR count). The lowest BCUT2D eigenvalue weighted by molar-refractivity contribution is -0.131. The van der Waals surface area contributed by atoms with Crippen LogP contribution in [0.15, 0.2) is 30.5 Å². The fourth-order valence-electron chi connectivity index (χ4n) is 3.45. The van der Waals surface area contributed by atoms with Crippen LogP contribution in [0.4, 0.5) is 0 Å². The van der Waals surface area contributed by atoms with E-state index in [0.29, 0.717) is 13.0 Å². The average molecular weight is 330 g/mol. The molecule has 3 N–H and O–H groups in total. The number of aromatic nitrogens is 1. The minimum Gasteiger partial charge on any atom is -0.394 e. The molecule has 5 heteroatoms. The van der Waals surface area contributed by atoms with E-state index in [2.05, 4.69) is 23.3 Å². The number of ether oxygens (including phenoxy) is 1. The van der Waals surface area contributed by atoms with Crippen LogP contribution >= 0.6 is 0 Å². The molecule has 3 atom stereocenters. The summed E-state index contributed by atoms with van der Waals surface area (Å²) in [6.07, 6.45) is 5.22. The molecule has 0 spiro atoms. The predicted molar refractivity (Wildman–Crippen MR) is 93.8 cm³/mol. The lowest BCUT2D eigenvalue weighted by Crippen LogP contribution is -2.44. The summed E-state index contributed by atoms with van der Waals surface area (Å²) in [5.74, 6) is 0.0244. The monoisotopic (exact) mass is 330 g/mol. The van der Waals surface area contributed by atoms with Gasteiger partial charge in [-0.15, -0.1) is 0 Å². The topological polar surface area (TPSA) is 74.4 Å². The first kappa shape index (κ1) is 17.0. The van der Waals surface area contributed by atoms with Gasteiger partial charge in [-0.25, -0.2) is 0 Å². The minimum absolute atomic E-state index is 0.0132. The molecule has 0 radical (unpaired) electrons. The van der Waals surface area contributed by atoms with E-state index in [1.54, 1.807) is 0 Å². The second kappa shape index (κ2) is 7.81. The van der Waals surface area contributed by atoms with Crippen molar-refractivity contribution in [3.63, 3.8) is 0 Å². The number of para-hydroxylation sites is 1. The molecule has 1 aliphatic heterocycles. The van der Waals surface area contributed by atoms with Crippen molar-refractivity contribution in [1.82, 2.24) is 10.3 Å². The summed E-state index contributed by atoms with van der Waals surface area (Å²) in [6.45, 7) is 2.66. The zero-order valence-corrected chi connectivity index (χ0v) is 14.1. The molecule has 24 heavy (non-hydrogen) atoms. The van der Waals surface area contributed by atoms with Crippen LogP contribution in [-0.4, -0.2) is 41.4 Å². The third-order valence-corrected chi connectivity index (χ3v) is 4.90. The van der Waals surface area contributed by atoms with E-state index in [9.17, 15) is 9.90 Å². The zero-order valence-electron chi connectivity index (χ0n) is 14.1. The van der Waals surface area contributed by atoms with Crippen molar-refractivity contribution < 1.29 is 14.6 Å². The third-order valence-electron chi connectivity index (χ3n) is 4.90. The van der Waals surface area contributed by atoms with Crippen LogP contribution in [-0.2, 0) is 16.0 Å². The molecule has 1 aromatic carbocycles. The number of amides is 1. The van der Waals surface area contributed by atoms with Crippen LogP contribution in [0.2, 0.25) is 0 Å². The van der Waals surface area contributed by atoms with E-state index in [1.807, 2.05) is 24.4 Å². The minimum atomic E-state index is -0.264. The molecule has 2 heterocycles. The summed E-state index contributed by atoms with van der Waals surface area (Å²) in [5, 5.41) is 13.9. The van der Waals surface area contributed by atoms with Crippen LogP contribution < -0.4 is 5.32 Å². The van der Waals surface area contributed by atoms with Crippen LogP contribution in [0.1, 0.15) is 31.7 Å². The molecule has 1 aromatic heterocycles. The molecule has 0 saturated carbocycles. The van der Waals surface area contributed by atoms with Crippen molar-refractivity contribution >= 4 is 16.8 Å². The van der Waals surface area contributed by atoms with Crippen molar-refractivity contribution in [2.45, 2.75) is 44.8 Å². The SMILES string of the molecule is CCC1CC(C(=O)NC(CO)Cc2c[nH]c3ccccc23)CCO1. The Kier molecular flexibility index (Phi) is 5.53. The molecule has 1 saturated heterocycles. The van der Waals surface area contributed by atoms with Gasteiger partial charge in [0.2, 0.25) is 5.91 Å². The molecule has 1 amide bonds. The maximum atomic E-state index is 12.5. The molecular weight excluding hydrogens is 304 g/mol. The fraction of sp³-hybridized carbons (Fsp3) is 0.526. The molecule has 1 fully saturated rings. The van der Waals surface area contributed by atoms with E-state index in [1.165, 1.54) is 0 Å². The number of nitrogens with one attached hydrogen (secondary N) is 2. The fourth-order valence-corrected chi connectivity index (χ4v) is 3.45. The highest BCUT2D eigenvalue weighted by Gasteiger charge is 2.28. The van der Waals surface area contributed by atoms with Gasteiger partial charge in [0, 0.05) is 29.6 Å². The average Bonchev–Trinajstić information content (AvgIpc) is 3.04. The normalized spacial score (nSPS) is 22.4. The number of rotatable bonds is 6. The van der Waals surface area contributed by atoms with E-state index in [0.717, 1.165) is 35.7 Å². The first-order chi connectivity index (χ1) is 11.7. The number of fused-ring (bicyclic) bond motifs is 1. The van der Waals surface area contributed by atoms with Crippen molar-refractivity contribution in [3.05, 3.63) is 36.0 Å². The summed E-state index contributed by atoms with van der Waals surface area (Å²) in [6, 6.07) is 7.81. The molecule has 0 bridgehead atoms. The number of carbonyl (C=O) groups excluding carboxylic acids is 1. The van der Waals surface area contributed by atoms with E-state index < -0.39 is 0 Å². The first-order valence-electron chi connectivity index (χ1n) is 8.79. The second-order valence-electron chi connectivity index (χ2n) is 6.57. The van der Waals surface area contributed by atoms with Gasteiger partial charge in [0.1, 0.15) is 0 Å². The first-order valence-corrected chi connectivity index (χ1v) is 8.79. The summed E-state index contributed by atoms with van der Waals surface area (Å²) in [7, 11) is 0. The Morgan fingerprint density at radius 3 is 3.08 bits per heavy atom. The molecular formula is C19H26N2O3. The number of benzene rings is 1. The van der Waals surface area contributed by atoms with E-state index in [-0.39, 0.29) is 30.6 Å². The maximum absolute atomic E-state index is 12.5. The van der Waals surface area contributed by atoms with E-state index >= 15 is 0 Å². The molecule has 1 aliphatic rings. The number of hydrogen-bond acceptors (Lipinski definition) is 3. The molecule has 130 valence electrons. The van der Waals surface area contributed by atoms with Crippen LogP contribution in [0, 0.1) is 5.92 Å². The Hall–Kier alpha value is -1.85. The largest absolute Gasteiger partial charge is 0.394 e. The summed E-state index contributed by atoms with van der Waals surface area (Å²) < 4.78 is 5.64. The Labute approximate surface area is 142 Å². The van der Waals surface area contributed by atoms with Gasteiger partial charge in [0.25, 0.3) is 0 Å². The maximum Gasteiger partial charge on any atom is 0.223 e. The van der Waals surface area contributed by atoms with Gasteiger partial charge in [-0.1, -0.05) is 25.1 Å². The van der Waals surface area contributed by atoms with Crippen molar-refractivity contribution in [3.8, 4) is 0 Å². The number of H-pyrrole nitrogens is 1. The highest BCUT2D eigenvalue weighted by atomic mass is 16.5. The van der Waals surface area contributed by atoms with Gasteiger partial charge in [0.05, 0.1) is 18.8 Å². The molecule has 5 nitrogen and oxygen atoms in total. The van der Waals surface area contributed by atoms with E-state index in [4.69, 9.17) is 4.74 Å². The molecule has 3 unspecified atom stereocenters. The van der Waals surface area contributed by atoms with Crippen molar-refractivity contribution in [1.29, 1.82) is 0 Å². The Balaban J connectivity index is 1.63. The van der Waals surface area contributed by atoms with Gasteiger partial charge >= 0.3 is 0 Å².